The van der Waals surface area contributed by atoms with Crippen LogP contribution in [0.25, 0.3) is 0 Å². The van der Waals surface area contributed by atoms with E-state index < -0.39 is 5.41 Å². The molecule has 3 heteroatoms. The van der Waals surface area contributed by atoms with Gasteiger partial charge in [0.15, 0.2) is 5.78 Å². The monoisotopic (exact) mass is 245 g/mol. The van der Waals surface area contributed by atoms with Gasteiger partial charge in [0.25, 0.3) is 0 Å². The summed E-state index contributed by atoms with van der Waals surface area (Å²) in [4.78, 5) is 16.4. The lowest BCUT2D eigenvalue weighted by Crippen LogP contribution is -2.26. The van der Waals surface area contributed by atoms with Crippen LogP contribution in [0.15, 0.2) is 47.2 Å². The van der Waals surface area contributed by atoms with Gasteiger partial charge in [-0.2, -0.15) is 0 Å². The Kier molecular flexibility index (Phi) is 4.43. The quantitative estimate of drug-likeness (QED) is 0.505. The first-order chi connectivity index (χ1) is 8.41. The minimum Gasteiger partial charge on any atom is -0.515 e. The first-order valence-corrected chi connectivity index (χ1v) is 5.83. The highest BCUT2D eigenvalue weighted by Crippen LogP contribution is 2.22. The van der Waals surface area contributed by atoms with Crippen molar-refractivity contribution in [3.63, 3.8) is 0 Å². The summed E-state index contributed by atoms with van der Waals surface area (Å²) in [6.07, 6.45) is 0.850. The summed E-state index contributed by atoms with van der Waals surface area (Å²) in [5, 5.41) is 9.36. The minimum absolute atomic E-state index is 0.130. The highest BCUT2D eigenvalue weighted by atomic mass is 16.2. The van der Waals surface area contributed by atoms with E-state index in [1.165, 1.54) is 0 Å². The van der Waals surface area contributed by atoms with Crippen molar-refractivity contribution in [2.45, 2.75) is 20.8 Å². The summed E-state index contributed by atoms with van der Waals surface area (Å²) in [6.45, 7) is 5.45. The van der Waals surface area contributed by atoms with Crippen molar-refractivity contribution >= 4 is 11.5 Å². The molecule has 0 atom stereocenters. The molecule has 0 amide bonds. The van der Waals surface area contributed by atoms with Gasteiger partial charge in [-0.15, -0.1) is 0 Å². The highest BCUT2D eigenvalue weighted by molar-refractivity contribution is 6.29. The predicted molar refractivity (Wildman–Crippen MR) is 74.1 cm³/mol. The number of hydrogen-bond donors (Lipinski definition) is 1. The largest absolute Gasteiger partial charge is 0.515 e. The summed E-state index contributed by atoms with van der Waals surface area (Å²) in [5.74, 6) is -0.130. The Balaban J connectivity index is 3.21. The first kappa shape index (κ1) is 14.2. The average molecular weight is 245 g/mol. The van der Waals surface area contributed by atoms with E-state index >= 15 is 0 Å². The molecule has 0 radical (unpaired) electrons. The zero-order chi connectivity index (χ0) is 13.8. The zero-order valence-corrected chi connectivity index (χ0v) is 11.3. The van der Waals surface area contributed by atoms with Gasteiger partial charge in [-0.05, 0) is 0 Å². The van der Waals surface area contributed by atoms with Crippen molar-refractivity contribution in [1.29, 1.82) is 0 Å². The normalized spacial score (nSPS) is 13.6. The van der Waals surface area contributed by atoms with Crippen LogP contribution in [0.1, 0.15) is 26.3 Å². The summed E-state index contributed by atoms with van der Waals surface area (Å²) >= 11 is 0. The van der Waals surface area contributed by atoms with E-state index in [1.54, 1.807) is 7.05 Å². The van der Waals surface area contributed by atoms with E-state index in [4.69, 9.17) is 0 Å². The summed E-state index contributed by atoms with van der Waals surface area (Å²) in [6, 6.07) is 9.36. The third-order valence-electron chi connectivity index (χ3n) is 2.58. The average Bonchev–Trinajstić information content (AvgIpc) is 2.35. The van der Waals surface area contributed by atoms with Crippen molar-refractivity contribution in [3.05, 3.63) is 47.7 Å². The van der Waals surface area contributed by atoms with Crippen LogP contribution in [0, 0.1) is 5.41 Å². The van der Waals surface area contributed by atoms with Crippen molar-refractivity contribution in [1.82, 2.24) is 0 Å². The van der Waals surface area contributed by atoms with Gasteiger partial charge >= 0.3 is 0 Å². The molecule has 1 aromatic carbocycles. The van der Waals surface area contributed by atoms with Crippen LogP contribution in [0.2, 0.25) is 0 Å². The van der Waals surface area contributed by atoms with E-state index in [-0.39, 0.29) is 11.4 Å². The van der Waals surface area contributed by atoms with Crippen LogP contribution in [0.4, 0.5) is 0 Å². The number of aliphatic hydroxyl groups is 1. The number of aliphatic imine (C=N–C) groups is 1. The smallest absolute Gasteiger partial charge is 0.173 e. The van der Waals surface area contributed by atoms with Gasteiger partial charge in [0.1, 0.15) is 0 Å². The molecule has 0 bridgehead atoms. The molecule has 0 saturated carbocycles. The Labute approximate surface area is 108 Å². The number of Topliss-reactive ketones (excluding diaryl/α,β-unsaturated/α-hetero) is 1. The number of carbonyl (C=O) groups is 1. The lowest BCUT2D eigenvalue weighted by atomic mass is 9.83. The van der Waals surface area contributed by atoms with Gasteiger partial charge < -0.3 is 5.11 Å². The third-order valence-corrected chi connectivity index (χ3v) is 2.58. The SMILES string of the molecule is CN=C(/C(=C\O)C(=O)C(C)(C)C)c1ccccc1. The number of carbonyl (C=O) groups excluding carboxylic acids is 1. The van der Waals surface area contributed by atoms with E-state index in [0.29, 0.717) is 5.71 Å². The fraction of sp³-hybridized carbons (Fsp3) is 0.333. The van der Waals surface area contributed by atoms with Gasteiger partial charge in [0, 0.05) is 18.0 Å². The summed E-state index contributed by atoms with van der Waals surface area (Å²) in [5.41, 5.74) is 1.02. The number of benzene rings is 1. The number of rotatable bonds is 3. The summed E-state index contributed by atoms with van der Waals surface area (Å²) in [7, 11) is 1.61. The fourth-order valence-corrected chi connectivity index (χ4v) is 1.63. The molecule has 1 N–H and O–H groups in total. The molecule has 0 aromatic heterocycles. The number of allylic oxidation sites excluding steroid dienone is 1. The standard InChI is InChI=1S/C15H19NO2/c1-15(2,3)14(18)12(10-17)13(16-4)11-8-6-5-7-9-11/h5-10,17H,1-4H3/b12-10+,16-13?. The van der Waals surface area contributed by atoms with E-state index in [9.17, 15) is 9.90 Å². The Morgan fingerprint density at radius 1 is 1.22 bits per heavy atom. The van der Waals surface area contributed by atoms with E-state index in [1.807, 2.05) is 51.1 Å². The Bertz CT molecular complexity index is 479. The van der Waals surface area contributed by atoms with E-state index in [2.05, 4.69) is 4.99 Å². The maximum atomic E-state index is 12.3. The second kappa shape index (κ2) is 5.63. The molecule has 1 rings (SSSR count). The molecule has 96 valence electrons. The van der Waals surface area contributed by atoms with Crippen LogP contribution in [-0.4, -0.2) is 23.6 Å². The van der Waals surface area contributed by atoms with Gasteiger partial charge in [0.2, 0.25) is 0 Å². The first-order valence-electron chi connectivity index (χ1n) is 5.83. The topological polar surface area (TPSA) is 49.7 Å². The van der Waals surface area contributed by atoms with Crippen LogP contribution in [0.3, 0.4) is 0 Å². The molecular weight excluding hydrogens is 226 g/mol. The van der Waals surface area contributed by atoms with Crippen LogP contribution < -0.4 is 0 Å². The summed E-state index contributed by atoms with van der Waals surface area (Å²) < 4.78 is 0. The van der Waals surface area contributed by atoms with Crippen molar-refractivity contribution in [3.8, 4) is 0 Å². The van der Waals surface area contributed by atoms with Crippen LogP contribution in [-0.2, 0) is 4.79 Å². The molecular formula is C15H19NO2. The Hall–Kier alpha value is -1.90. The molecule has 0 unspecified atom stereocenters. The Morgan fingerprint density at radius 3 is 2.17 bits per heavy atom. The molecule has 0 aliphatic rings. The molecule has 1 aromatic rings. The maximum Gasteiger partial charge on any atom is 0.173 e. The zero-order valence-electron chi connectivity index (χ0n) is 11.3. The second-order valence-electron chi connectivity index (χ2n) is 5.06. The molecule has 0 fully saturated rings. The minimum atomic E-state index is -0.556. The van der Waals surface area contributed by atoms with Gasteiger partial charge in [-0.25, -0.2) is 0 Å². The number of aliphatic hydroxyl groups excluding tert-OH is 1. The van der Waals surface area contributed by atoms with Crippen molar-refractivity contribution < 1.29 is 9.90 Å². The number of hydrogen-bond acceptors (Lipinski definition) is 3. The van der Waals surface area contributed by atoms with E-state index in [0.717, 1.165) is 11.8 Å². The van der Waals surface area contributed by atoms with Crippen molar-refractivity contribution in [2.75, 3.05) is 7.05 Å². The molecule has 0 saturated heterocycles. The molecule has 0 aliphatic heterocycles. The number of ketones is 1. The molecule has 0 aliphatic carbocycles. The van der Waals surface area contributed by atoms with Gasteiger partial charge in [-0.1, -0.05) is 51.1 Å². The molecule has 0 heterocycles. The number of nitrogens with zero attached hydrogens (tertiary/aromatic N) is 1. The van der Waals surface area contributed by atoms with Crippen molar-refractivity contribution in [2.24, 2.45) is 10.4 Å². The second-order valence-corrected chi connectivity index (χ2v) is 5.06. The maximum absolute atomic E-state index is 12.3. The van der Waals surface area contributed by atoms with Crippen LogP contribution in [0.5, 0.6) is 0 Å². The lowest BCUT2D eigenvalue weighted by molar-refractivity contribution is -0.122. The van der Waals surface area contributed by atoms with Crippen LogP contribution >= 0.6 is 0 Å². The Morgan fingerprint density at radius 2 is 1.78 bits per heavy atom. The van der Waals surface area contributed by atoms with Gasteiger partial charge in [0.05, 0.1) is 17.5 Å². The fourth-order valence-electron chi connectivity index (χ4n) is 1.63. The lowest BCUT2D eigenvalue weighted by Gasteiger charge is -2.19. The third kappa shape index (κ3) is 3.06. The molecule has 3 nitrogen and oxygen atoms in total. The highest BCUT2D eigenvalue weighted by Gasteiger charge is 2.28. The molecule has 18 heavy (non-hydrogen) atoms. The predicted octanol–water partition coefficient (Wildman–Crippen LogP) is 3.16. The molecule has 0 spiro atoms. The van der Waals surface area contributed by atoms with Gasteiger partial charge in [-0.3, -0.25) is 9.79 Å².